The van der Waals surface area contributed by atoms with Gasteiger partial charge in [0.1, 0.15) is 4.86 Å². The predicted molar refractivity (Wildman–Crippen MR) is 122 cm³/mol. The molecular weight excluding hydrogens is 378 g/mol. The van der Waals surface area contributed by atoms with E-state index < -0.39 is 0 Å². The normalized spacial score (nSPS) is 22.8. The van der Waals surface area contributed by atoms with Gasteiger partial charge in [-0.1, -0.05) is 67.7 Å². The van der Waals surface area contributed by atoms with Crippen molar-refractivity contribution in [3.8, 4) is 0 Å². The summed E-state index contributed by atoms with van der Waals surface area (Å²) >= 11 is 5.35. The van der Waals surface area contributed by atoms with Gasteiger partial charge in [-0.2, -0.15) is 0 Å². The van der Waals surface area contributed by atoms with E-state index in [1.54, 1.807) is 0 Å². The standard InChI is InChI=1S/C24H27N3OS/c1-23(2)16-24(3,17-9-5-4-6-10-17)18-11-7-8-12-19(18)27(23)21(28)15-26-22-20(29)13-14-25-22/h4-12H,13-16H2,1-3H3,(H,25,26)/p+1/t24-/m0/s1. The molecule has 5 heteroatoms. The van der Waals surface area contributed by atoms with Crippen LogP contribution in [0.2, 0.25) is 0 Å². The van der Waals surface area contributed by atoms with Gasteiger partial charge in [0.2, 0.25) is 0 Å². The van der Waals surface area contributed by atoms with E-state index in [1.807, 2.05) is 17.0 Å². The van der Waals surface area contributed by atoms with E-state index in [4.69, 9.17) is 12.2 Å². The molecule has 1 amide bonds. The Kier molecular flexibility index (Phi) is 5.03. The summed E-state index contributed by atoms with van der Waals surface area (Å²) in [7, 11) is 0. The number of hydrogen-bond acceptors (Lipinski definition) is 3. The van der Waals surface area contributed by atoms with Gasteiger partial charge in [-0.3, -0.25) is 15.1 Å². The third-order valence-corrected chi connectivity index (χ3v) is 6.55. The van der Waals surface area contributed by atoms with Gasteiger partial charge in [0.15, 0.2) is 6.54 Å². The highest BCUT2D eigenvalue weighted by atomic mass is 32.1. The summed E-state index contributed by atoms with van der Waals surface area (Å²) in [5.74, 6) is 0.882. The highest BCUT2D eigenvalue weighted by Gasteiger charge is 2.47. The first kappa shape index (κ1) is 19.8. The molecule has 0 aromatic heterocycles. The topological polar surface area (TPSA) is 46.3 Å². The number of thiocarbonyl (C=S) groups is 1. The summed E-state index contributed by atoms with van der Waals surface area (Å²) in [6.45, 7) is 7.67. The first-order chi connectivity index (χ1) is 13.8. The minimum absolute atomic E-state index is 0.0570. The molecular formula is C24H28N3OS+. The molecule has 0 radical (unpaired) electrons. The SMILES string of the molecule is CC1(C)C[C@@](C)(c2ccccc2)c2ccccc2N1C(=O)CNC1=[NH+]CCC1=S. The zero-order valence-corrected chi connectivity index (χ0v) is 18.1. The van der Waals surface area contributed by atoms with Crippen LogP contribution in [0.4, 0.5) is 5.69 Å². The number of carbonyl (C=O) groups excluding carboxylic acids is 1. The lowest BCUT2D eigenvalue weighted by molar-refractivity contribution is -0.449. The Hall–Kier alpha value is -2.53. The second-order valence-corrected chi connectivity index (χ2v) is 9.25. The molecule has 0 bridgehead atoms. The van der Waals surface area contributed by atoms with Gasteiger partial charge in [-0.15, -0.1) is 0 Å². The Morgan fingerprint density at radius 1 is 1.10 bits per heavy atom. The van der Waals surface area contributed by atoms with Crippen LogP contribution in [0.15, 0.2) is 54.6 Å². The van der Waals surface area contributed by atoms with E-state index in [1.165, 1.54) is 11.1 Å². The van der Waals surface area contributed by atoms with Crippen molar-refractivity contribution in [3.05, 3.63) is 65.7 Å². The molecule has 150 valence electrons. The summed E-state index contributed by atoms with van der Waals surface area (Å²) in [4.78, 5) is 19.4. The van der Waals surface area contributed by atoms with Crippen molar-refractivity contribution in [2.45, 2.75) is 44.6 Å². The Morgan fingerprint density at radius 3 is 2.48 bits per heavy atom. The van der Waals surface area contributed by atoms with E-state index >= 15 is 0 Å². The van der Waals surface area contributed by atoms with Crippen LogP contribution >= 0.6 is 12.2 Å². The van der Waals surface area contributed by atoms with Crippen molar-refractivity contribution >= 4 is 34.5 Å². The lowest BCUT2D eigenvalue weighted by atomic mass is 9.65. The van der Waals surface area contributed by atoms with Crippen LogP contribution in [0.1, 0.15) is 44.7 Å². The molecule has 0 saturated heterocycles. The highest BCUT2D eigenvalue weighted by Crippen LogP contribution is 2.50. The molecule has 4 rings (SSSR count). The maximum atomic E-state index is 13.4. The number of anilines is 1. The minimum atomic E-state index is -0.327. The number of nitrogens with zero attached hydrogens (tertiary/aromatic N) is 1. The van der Waals surface area contributed by atoms with Crippen molar-refractivity contribution in [2.75, 3.05) is 18.0 Å². The fourth-order valence-corrected chi connectivity index (χ4v) is 5.21. The average molecular weight is 407 g/mol. The van der Waals surface area contributed by atoms with Gasteiger partial charge in [0.25, 0.3) is 11.7 Å². The minimum Gasteiger partial charge on any atom is -0.303 e. The zero-order valence-electron chi connectivity index (χ0n) is 17.3. The summed E-state index contributed by atoms with van der Waals surface area (Å²) in [6.07, 6.45) is 1.69. The van der Waals surface area contributed by atoms with E-state index in [2.05, 4.69) is 73.5 Å². The van der Waals surface area contributed by atoms with Crippen molar-refractivity contribution < 1.29 is 9.79 Å². The molecule has 2 aromatic carbocycles. The quantitative estimate of drug-likeness (QED) is 0.770. The molecule has 2 heterocycles. The van der Waals surface area contributed by atoms with Crippen LogP contribution < -0.4 is 15.2 Å². The lowest BCUT2D eigenvalue weighted by Crippen LogP contribution is -2.73. The Balaban J connectivity index is 1.70. The van der Waals surface area contributed by atoms with Crippen LogP contribution in [-0.2, 0) is 10.2 Å². The molecule has 2 aliphatic rings. The van der Waals surface area contributed by atoms with Gasteiger partial charge in [-0.25, -0.2) is 0 Å². The van der Waals surface area contributed by atoms with Gasteiger partial charge in [0.05, 0.1) is 6.54 Å². The molecule has 0 unspecified atom stereocenters. The van der Waals surface area contributed by atoms with Crippen LogP contribution in [-0.4, -0.2) is 35.2 Å². The number of nitrogens with one attached hydrogen (secondary N) is 2. The van der Waals surface area contributed by atoms with Gasteiger partial charge in [0, 0.05) is 23.1 Å². The summed E-state index contributed by atoms with van der Waals surface area (Å²) in [6, 6.07) is 18.9. The molecule has 29 heavy (non-hydrogen) atoms. The maximum Gasteiger partial charge on any atom is 0.282 e. The van der Waals surface area contributed by atoms with Crippen molar-refractivity contribution in [1.82, 2.24) is 5.32 Å². The Labute approximate surface area is 178 Å². The number of benzene rings is 2. The number of rotatable bonds is 3. The number of amidine groups is 1. The second kappa shape index (κ2) is 7.38. The maximum absolute atomic E-state index is 13.4. The molecule has 2 aliphatic heterocycles. The Bertz CT molecular complexity index is 983. The van der Waals surface area contributed by atoms with Crippen molar-refractivity contribution in [3.63, 3.8) is 0 Å². The second-order valence-electron chi connectivity index (χ2n) is 8.76. The lowest BCUT2D eigenvalue weighted by Gasteiger charge is -2.51. The molecule has 1 atom stereocenters. The van der Waals surface area contributed by atoms with Gasteiger partial charge in [-0.05, 0) is 37.5 Å². The monoisotopic (exact) mass is 406 g/mol. The largest absolute Gasteiger partial charge is 0.303 e. The highest BCUT2D eigenvalue weighted by molar-refractivity contribution is 7.82. The predicted octanol–water partition coefficient (Wildman–Crippen LogP) is 2.35. The van der Waals surface area contributed by atoms with E-state index in [0.29, 0.717) is 0 Å². The Morgan fingerprint density at radius 2 is 1.79 bits per heavy atom. The van der Waals surface area contributed by atoms with E-state index in [9.17, 15) is 4.79 Å². The molecule has 2 N–H and O–H groups in total. The summed E-state index contributed by atoms with van der Waals surface area (Å²) in [5.41, 5.74) is 2.98. The fourth-order valence-electron chi connectivity index (χ4n) is 4.97. The van der Waals surface area contributed by atoms with Crippen molar-refractivity contribution in [2.24, 2.45) is 0 Å². The molecule has 0 saturated carbocycles. The number of carbonyl (C=O) groups is 1. The van der Waals surface area contributed by atoms with Crippen LogP contribution in [0.25, 0.3) is 0 Å². The van der Waals surface area contributed by atoms with Gasteiger partial charge >= 0.3 is 0 Å². The smallest absolute Gasteiger partial charge is 0.282 e. The third-order valence-electron chi connectivity index (χ3n) is 6.14. The number of fused-ring (bicyclic) bond motifs is 1. The van der Waals surface area contributed by atoms with E-state index in [-0.39, 0.29) is 23.4 Å². The summed E-state index contributed by atoms with van der Waals surface area (Å²) in [5, 5.41) is 3.22. The van der Waals surface area contributed by atoms with Crippen LogP contribution in [0.5, 0.6) is 0 Å². The molecule has 0 spiro atoms. The average Bonchev–Trinajstić information content (AvgIpc) is 3.11. The van der Waals surface area contributed by atoms with Crippen LogP contribution in [0.3, 0.4) is 0 Å². The third kappa shape index (κ3) is 3.48. The number of hydrogen-bond donors (Lipinski definition) is 2. The van der Waals surface area contributed by atoms with Crippen molar-refractivity contribution in [1.29, 1.82) is 0 Å². The number of amides is 1. The summed E-state index contributed by atoms with van der Waals surface area (Å²) < 4.78 is 0. The first-order valence-electron chi connectivity index (χ1n) is 10.2. The number of para-hydroxylation sites is 1. The molecule has 2 aromatic rings. The fraction of sp³-hybridized carbons (Fsp3) is 0.375. The van der Waals surface area contributed by atoms with E-state index in [0.717, 1.165) is 35.8 Å². The van der Waals surface area contributed by atoms with Crippen LogP contribution in [0, 0.1) is 0 Å². The van der Waals surface area contributed by atoms with Gasteiger partial charge < -0.3 is 4.90 Å². The molecule has 0 aliphatic carbocycles. The first-order valence-corrected chi connectivity index (χ1v) is 10.6. The molecule has 0 fully saturated rings. The molecule has 4 nitrogen and oxygen atoms in total. The zero-order chi connectivity index (χ0) is 20.6.